The molecule has 2 aromatic carbocycles. The number of hydrogen-bond acceptors (Lipinski definition) is 4. The molecule has 1 N–H and O–H groups in total. The van der Waals surface area contributed by atoms with Crippen molar-refractivity contribution in [1.29, 1.82) is 0 Å². The zero-order chi connectivity index (χ0) is 18.6. The maximum atomic E-state index is 4.60. The van der Waals surface area contributed by atoms with Crippen LogP contribution in [-0.2, 0) is 0 Å². The molecule has 0 aliphatic rings. The number of rotatable bonds is 4. The van der Waals surface area contributed by atoms with Crippen molar-refractivity contribution in [2.45, 2.75) is 13.8 Å². The number of hydrogen-bond donors (Lipinski definition) is 1. The molecule has 0 atom stereocenters. The Morgan fingerprint density at radius 2 is 1.44 bits per heavy atom. The van der Waals surface area contributed by atoms with Gasteiger partial charge >= 0.3 is 0 Å². The summed E-state index contributed by atoms with van der Waals surface area (Å²) in [6, 6.07) is 22.5. The van der Waals surface area contributed by atoms with E-state index in [0.717, 1.165) is 33.9 Å². The Morgan fingerprint density at radius 1 is 0.704 bits per heavy atom. The standard InChI is InChI=1S/C23H20N4/c1-16-8-10-18(11-9-16)19-12-20(15-24-14-19)22-13-23(26-17(2)25-22)27-21-6-4-3-5-7-21/h3-15H,1-2H3,(H,25,26,27). The van der Waals surface area contributed by atoms with Gasteiger partial charge < -0.3 is 5.32 Å². The number of benzene rings is 2. The number of nitrogens with zero attached hydrogens (tertiary/aromatic N) is 3. The molecule has 0 amide bonds. The third kappa shape index (κ3) is 4.01. The van der Waals surface area contributed by atoms with Crippen LogP contribution in [0, 0.1) is 13.8 Å². The maximum absolute atomic E-state index is 4.60. The van der Waals surface area contributed by atoms with E-state index in [1.54, 1.807) is 0 Å². The van der Waals surface area contributed by atoms with Gasteiger partial charge in [-0.1, -0.05) is 48.0 Å². The summed E-state index contributed by atoms with van der Waals surface area (Å²) >= 11 is 0. The Labute approximate surface area is 159 Å². The summed E-state index contributed by atoms with van der Waals surface area (Å²) < 4.78 is 0. The van der Waals surface area contributed by atoms with Crippen molar-refractivity contribution in [3.8, 4) is 22.4 Å². The summed E-state index contributed by atoms with van der Waals surface area (Å²) in [5.41, 5.74) is 6.26. The normalized spacial score (nSPS) is 10.6. The second-order valence-electron chi connectivity index (χ2n) is 6.50. The second kappa shape index (κ2) is 7.38. The van der Waals surface area contributed by atoms with Gasteiger partial charge in [0, 0.05) is 35.3 Å². The van der Waals surface area contributed by atoms with Gasteiger partial charge in [-0.15, -0.1) is 0 Å². The van der Waals surface area contributed by atoms with Gasteiger partial charge in [-0.25, -0.2) is 9.97 Å². The summed E-state index contributed by atoms with van der Waals surface area (Å²) in [6.45, 7) is 3.99. The lowest BCUT2D eigenvalue weighted by Crippen LogP contribution is -1.99. The fraction of sp³-hybridized carbons (Fsp3) is 0.0870. The highest BCUT2D eigenvalue weighted by Crippen LogP contribution is 2.26. The molecule has 0 saturated heterocycles. The Balaban J connectivity index is 1.69. The van der Waals surface area contributed by atoms with E-state index in [1.165, 1.54) is 5.56 Å². The van der Waals surface area contributed by atoms with Crippen molar-refractivity contribution >= 4 is 11.5 Å². The molecule has 0 spiro atoms. The van der Waals surface area contributed by atoms with Crippen LogP contribution in [0.2, 0.25) is 0 Å². The molecule has 2 heterocycles. The van der Waals surface area contributed by atoms with Crippen LogP contribution in [-0.4, -0.2) is 15.0 Å². The Kier molecular flexibility index (Phi) is 4.62. The van der Waals surface area contributed by atoms with Crippen LogP contribution < -0.4 is 5.32 Å². The minimum atomic E-state index is 0.715. The average Bonchev–Trinajstić information content (AvgIpc) is 2.69. The van der Waals surface area contributed by atoms with Crippen LogP contribution in [0.5, 0.6) is 0 Å². The Bertz CT molecular complexity index is 1060. The minimum absolute atomic E-state index is 0.715. The van der Waals surface area contributed by atoms with Gasteiger partial charge in [0.1, 0.15) is 11.6 Å². The van der Waals surface area contributed by atoms with E-state index >= 15 is 0 Å². The van der Waals surface area contributed by atoms with Gasteiger partial charge in [0.25, 0.3) is 0 Å². The van der Waals surface area contributed by atoms with Gasteiger partial charge in [0.05, 0.1) is 5.69 Å². The van der Waals surface area contributed by atoms with Crippen molar-refractivity contribution < 1.29 is 0 Å². The minimum Gasteiger partial charge on any atom is -0.340 e. The van der Waals surface area contributed by atoms with E-state index < -0.39 is 0 Å². The zero-order valence-electron chi connectivity index (χ0n) is 15.3. The highest BCUT2D eigenvalue weighted by atomic mass is 15.0. The number of nitrogens with one attached hydrogen (secondary N) is 1. The third-order valence-electron chi connectivity index (χ3n) is 4.30. The third-order valence-corrected chi connectivity index (χ3v) is 4.30. The van der Waals surface area contributed by atoms with E-state index in [4.69, 9.17) is 0 Å². The predicted molar refractivity (Wildman–Crippen MR) is 110 cm³/mol. The van der Waals surface area contributed by atoms with Crippen molar-refractivity contribution in [3.63, 3.8) is 0 Å². The summed E-state index contributed by atoms with van der Waals surface area (Å²) in [7, 11) is 0. The fourth-order valence-corrected chi connectivity index (χ4v) is 2.93. The Morgan fingerprint density at radius 3 is 2.22 bits per heavy atom. The molecule has 0 fully saturated rings. The molecule has 4 rings (SSSR count). The van der Waals surface area contributed by atoms with E-state index in [9.17, 15) is 0 Å². The first-order valence-electron chi connectivity index (χ1n) is 8.87. The number of aromatic nitrogens is 3. The predicted octanol–water partition coefficient (Wildman–Crippen LogP) is 5.57. The topological polar surface area (TPSA) is 50.7 Å². The van der Waals surface area contributed by atoms with Crippen molar-refractivity contribution in [2.75, 3.05) is 5.32 Å². The summed E-state index contributed by atoms with van der Waals surface area (Å²) in [6.07, 6.45) is 3.72. The highest BCUT2D eigenvalue weighted by molar-refractivity contribution is 5.72. The van der Waals surface area contributed by atoms with Gasteiger partial charge in [0.2, 0.25) is 0 Å². The Hall–Kier alpha value is -3.53. The number of aryl methyl sites for hydroxylation is 2. The molecule has 0 saturated carbocycles. The van der Waals surface area contributed by atoms with Crippen LogP contribution in [0.15, 0.2) is 79.1 Å². The van der Waals surface area contributed by atoms with Crippen LogP contribution in [0.25, 0.3) is 22.4 Å². The largest absolute Gasteiger partial charge is 0.340 e. The highest BCUT2D eigenvalue weighted by Gasteiger charge is 2.07. The van der Waals surface area contributed by atoms with Crippen LogP contribution >= 0.6 is 0 Å². The number of anilines is 2. The zero-order valence-corrected chi connectivity index (χ0v) is 15.3. The van der Waals surface area contributed by atoms with Gasteiger partial charge in [-0.2, -0.15) is 0 Å². The molecule has 27 heavy (non-hydrogen) atoms. The lowest BCUT2D eigenvalue weighted by molar-refractivity contribution is 1.06. The quantitative estimate of drug-likeness (QED) is 0.522. The lowest BCUT2D eigenvalue weighted by atomic mass is 10.0. The number of para-hydroxylation sites is 1. The molecule has 0 radical (unpaired) electrons. The first-order chi connectivity index (χ1) is 13.2. The monoisotopic (exact) mass is 352 g/mol. The molecule has 0 unspecified atom stereocenters. The van der Waals surface area contributed by atoms with E-state index in [2.05, 4.69) is 57.5 Å². The van der Waals surface area contributed by atoms with Crippen LogP contribution in [0.1, 0.15) is 11.4 Å². The molecule has 2 aromatic heterocycles. The molecule has 4 heteroatoms. The fourth-order valence-electron chi connectivity index (χ4n) is 2.93. The SMILES string of the molecule is Cc1ccc(-c2cncc(-c3cc(Nc4ccccc4)nc(C)n3)c2)cc1. The first-order valence-corrected chi connectivity index (χ1v) is 8.87. The molecule has 4 aromatic rings. The van der Waals surface area contributed by atoms with Gasteiger partial charge in [0.15, 0.2) is 0 Å². The molecule has 132 valence electrons. The van der Waals surface area contributed by atoms with Gasteiger partial charge in [-0.3, -0.25) is 4.98 Å². The van der Waals surface area contributed by atoms with Gasteiger partial charge in [-0.05, 0) is 37.6 Å². The molecule has 0 aliphatic heterocycles. The van der Waals surface area contributed by atoms with Crippen LogP contribution in [0.4, 0.5) is 11.5 Å². The molecular weight excluding hydrogens is 332 g/mol. The van der Waals surface area contributed by atoms with Crippen molar-refractivity contribution in [2.24, 2.45) is 0 Å². The van der Waals surface area contributed by atoms with E-state index in [1.807, 2.05) is 55.7 Å². The molecule has 0 aliphatic carbocycles. The summed E-state index contributed by atoms with van der Waals surface area (Å²) in [5.74, 6) is 1.48. The summed E-state index contributed by atoms with van der Waals surface area (Å²) in [5, 5.41) is 3.34. The summed E-state index contributed by atoms with van der Waals surface area (Å²) in [4.78, 5) is 13.5. The molecule has 4 nitrogen and oxygen atoms in total. The molecule has 0 bridgehead atoms. The smallest absolute Gasteiger partial charge is 0.134 e. The van der Waals surface area contributed by atoms with E-state index in [-0.39, 0.29) is 0 Å². The molecular formula is C23H20N4. The van der Waals surface area contributed by atoms with Crippen molar-refractivity contribution in [3.05, 3.63) is 90.5 Å². The number of pyridine rings is 1. The second-order valence-corrected chi connectivity index (χ2v) is 6.50. The van der Waals surface area contributed by atoms with Crippen LogP contribution in [0.3, 0.4) is 0 Å². The lowest BCUT2D eigenvalue weighted by Gasteiger charge is -2.10. The average molecular weight is 352 g/mol. The van der Waals surface area contributed by atoms with Crippen molar-refractivity contribution in [1.82, 2.24) is 15.0 Å². The maximum Gasteiger partial charge on any atom is 0.134 e. The van der Waals surface area contributed by atoms with E-state index in [0.29, 0.717) is 5.82 Å². The first kappa shape index (κ1) is 16.9.